The van der Waals surface area contributed by atoms with Gasteiger partial charge in [0.1, 0.15) is 0 Å². The van der Waals surface area contributed by atoms with Gasteiger partial charge in [0.25, 0.3) is 0 Å². The first kappa shape index (κ1) is 6.26. The fourth-order valence-electron chi connectivity index (χ4n) is 0.374. The molecule has 10 heavy (non-hydrogen) atoms. The smallest absolute Gasteiger partial charge is 0.359 e. The van der Waals surface area contributed by atoms with Gasteiger partial charge in [-0.1, -0.05) is 5.43 Å². The monoisotopic (exact) mass is 146 g/mol. The minimum absolute atomic E-state index is 0.00810. The van der Waals surface area contributed by atoms with Crippen LogP contribution in [0.1, 0.15) is 0 Å². The number of anilines is 1. The van der Waals surface area contributed by atoms with Crippen molar-refractivity contribution in [2.45, 2.75) is 0 Å². The number of rotatable bonds is 2. The summed E-state index contributed by atoms with van der Waals surface area (Å²) in [6.45, 7) is 0. The first-order valence-corrected chi connectivity index (χ1v) is 2.16. The number of aromatic nitrogens is 2. The zero-order valence-corrected chi connectivity index (χ0v) is 4.55. The third-order valence-corrected chi connectivity index (χ3v) is 0.653. The molecule has 54 valence electrons. The lowest BCUT2D eigenvalue weighted by Gasteiger charge is -1.80. The Morgan fingerprint density at radius 1 is 1.90 bits per heavy atom. The summed E-state index contributed by atoms with van der Waals surface area (Å²) in [4.78, 5) is 9.67. The van der Waals surface area contributed by atoms with Gasteiger partial charge in [-0.25, -0.2) is 10.1 Å². The molecule has 0 saturated carbocycles. The Bertz CT molecular complexity index is 243. The van der Waals surface area contributed by atoms with E-state index >= 15 is 0 Å². The Morgan fingerprint density at radius 3 is 3.00 bits per heavy atom. The van der Waals surface area contributed by atoms with Crippen LogP contribution in [0.3, 0.4) is 0 Å². The van der Waals surface area contributed by atoms with Gasteiger partial charge in [-0.2, -0.15) is 0 Å². The zero-order chi connectivity index (χ0) is 7.56. The SMILES string of the molecule is O=[N+]([O-])Nc1c[n+]([O-])on1. The molecule has 0 amide bonds. The number of hydrogen-bond donors (Lipinski definition) is 1. The van der Waals surface area contributed by atoms with Crippen LogP contribution in [-0.4, -0.2) is 10.2 Å². The van der Waals surface area contributed by atoms with E-state index in [0.717, 1.165) is 6.20 Å². The van der Waals surface area contributed by atoms with Crippen LogP contribution < -0.4 is 10.3 Å². The second-order valence-corrected chi connectivity index (χ2v) is 1.34. The van der Waals surface area contributed by atoms with E-state index in [0.29, 0.717) is 0 Å². The molecule has 8 nitrogen and oxygen atoms in total. The number of hydrazine groups is 1. The Balaban J connectivity index is 2.67. The molecular weight excluding hydrogens is 144 g/mol. The molecule has 0 fully saturated rings. The first-order chi connectivity index (χ1) is 4.68. The van der Waals surface area contributed by atoms with Gasteiger partial charge in [-0.15, -0.1) is 0 Å². The van der Waals surface area contributed by atoms with Crippen LogP contribution in [0.15, 0.2) is 10.8 Å². The van der Waals surface area contributed by atoms with Crippen molar-refractivity contribution >= 4 is 5.82 Å². The number of nitrogens with one attached hydrogen (secondary N) is 1. The average Bonchev–Trinajstić information content (AvgIpc) is 2.13. The Labute approximate surface area is 53.7 Å². The molecule has 0 radical (unpaired) electrons. The summed E-state index contributed by atoms with van der Waals surface area (Å²) in [5.41, 5.74) is 1.62. The van der Waals surface area contributed by atoms with Crippen molar-refractivity contribution in [3.8, 4) is 0 Å². The lowest BCUT2D eigenvalue weighted by molar-refractivity contribution is -0.802. The molecule has 1 aromatic heterocycles. The largest absolute Gasteiger partial charge is 0.364 e. The molecule has 0 bridgehead atoms. The van der Waals surface area contributed by atoms with Gasteiger partial charge in [0, 0.05) is 0 Å². The summed E-state index contributed by atoms with van der Waals surface area (Å²) in [5, 5.41) is 21.9. The third kappa shape index (κ3) is 1.31. The fourth-order valence-corrected chi connectivity index (χ4v) is 0.374. The summed E-state index contributed by atoms with van der Waals surface area (Å²) in [6.07, 6.45) is 0.794. The van der Waals surface area contributed by atoms with E-state index in [1.54, 1.807) is 5.43 Å². The molecule has 0 atom stereocenters. The van der Waals surface area contributed by atoms with E-state index in [1.807, 2.05) is 0 Å². The molecular formula is C2H2N4O4. The standard InChI is InChI=1S/C2H2N4O4/c7-5-1-2(4-10-5)3-6(8)9/h1H,(H,3,4). The molecule has 1 rings (SSSR count). The van der Waals surface area contributed by atoms with Gasteiger partial charge < -0.3 is 5.21 Å². The molecule has 0 saturated heterocycles. The molecule has 0 aliphatic carbocycles. The molecule has 0 unspecified atom stereocenters. The molecule has 0 aliphatic heterocycles. The second-order valence-electron chi connectivity index (χ2n) is 1.34. The van der Waals surface area contributed by atoms with Crippen molar-refractivity contribution in [3.05, 3.63) is 21.5 Å². The molecule has 1 aromatic rings. The van der Waals surface area contributed by atoms with E-state index in [1.165, 1.54) is 0 Å². The fraction of sp³-hybridized carbons (Fsp3) is 0. The Hall–Kier alpha value is -1.86. The van der Waals surface area contributed by atoms with Crippen molar-refractivity contribution in [2.24, 2.45) is 0 Å². The van der Waals surface area contributed by atoms with Gasteiger partial charge in [0.05, 0.1) is 5.16 Å². The number of nitro groups is 1. The van der Waals surface area contributed by atoms with E-state index in [9.17, 15) is 15.3 Å². The molecule has 0 aromatic carbocycles. The normalized spacial score (nSPS) is 9.20. The van der Waals surface area contributed by atoms with Crippen LogP contribution >= 0.6 is 0 Å². The summed E-state index contributed by atoms with van der Waals surface area (Å²) >= 11 is 0. The van der Waals surface area contributed by atoms with Crippen molar-refractivity contribution < 1.29 is 14.6 Å². The van der Waals surface area contributed by atoms with E-state index in [-0.39, 0.29) is 10.7 Å². The summed E-state index contributed by atoms with van der Waals surface area (Å²) in [7, 11) is 0. The highest BCUT2D eigenvalue weighted by molar-refractivity contribution is 5.21. The van der Waals surface area contributed by atoms with Gasteiger partial charge in [0.15, 0.2) is 5.03 Å². The van der Waals surface area contributed by atoms with Crippen molar-refractivity contribution in [3.63, 3.8) is 0 Å². The molecule has 8 heteroatoms. The molecule has 0 aliphatic rings. The van der Waals surface area contributed by atoms with Crippen molar-refractivity contribution in [2.75, 3.05) is 5.43 Å². The second kappa shape index (κ2) is 2.17. The van der Waals surface area contributed by atoms with Crippen LogP contribution in [-0.2, 0) is 0 Å². The van der Waals surface area contributed by atoms with E-state index < -0.39 is 5.03 Å². The zero-order valence-electron chi connectivity index (χ0n) is 4.55. The number of nitrogens with zero attached hydrogens (tertiary/aromatic N) is 3. The maximum absolute atomic E-state index is 10.1. The Kier molecular flexibility index (Phi) is 1.36. The van der Waals surface area contributed by atoms with Crippen molar-refractivity contribution in [1.29, 1.82) is 0 Å². The minimum atomic E-state index is -0.849. The molecule has 1 heterocycles. The summed E-state index contributed by atoms with van der Waals surface area (Å²) < 4.78 is 3.91. The highest BCUT2D eigenvalue weighted by Gasteiger charge is 2.09. The first-order valence-electron chi connectivity index (χ1n) is 2.16. The minimum Gasteiger partial charge on any atom is -0.359 e. The van der Waals surface area contributed by atoms with Gasteiger partial charge in [0.2, 0.25) is 6.20 Å². The number of hydrogen-bond acceptors (Lipinski definition) is 5. The van der Waals surface area contributed by atoms with Crippen LogP contribution in [0.25, 0.3) is 0 Å². The predicted octanol–water partition coefficient (Wildman–Crippen LogP) is -1.09. The summed E-state index contributed by atoms with van der Waals surface area (Å²) in [6, 6.07) is 0. The van der Waals surface area contributed by atoms with Crippen LogP contribution in [0, 0.1) is 15.3 Å². The molecule has 1 N–H and O–H groups in total. The van der Waals surface area contributed by atoms with Crippen LogP contribution in [0.2, 0.25) is 0 Å². The topological polar surface area (TPSA) is 108 Å². The van der Waals surface area contributed by atoms with Gasteiger partial charge in [-0.3, -0.25) is 4.63 Å². The molecule has 0 spiro atoms. The van der Waals surface area contributed by atoms with E-state index in [4.69, 9.17) is 0 Å². The lowest BCUT2D eigenvalue weighted by Crippen LogP contribution is -2.20. The summed E-state index contributed by atoms with van der Waals surface area (Å²) in [5.74, 6) is -0.236. The quantitative estimate of drug-likeness (QED) is 0.322. The maximum atomic E-state index is 10.1. The lowest BCUT2D eigenvalue weighted by atomic mass is 10.8. The maximum Gasteiger partial charge on any atom is 0.364 e. The average molecular weight is 146 g/mol. The third-order valence-electron chi connectivity index (χ3n) is 0.653. The predicted molar refractivity (Wildman–Crippen MR) is 26.1 cm³/mol. The van der Waals surface area contributed by atoms with Crippen molar-refractivity contribution in [1.82, 2.24) is 5.16 Å². The van der Waals surface area contributed by atoms with Crippen LogP contribution in [0.5, 0.6) is 0 Å². The van der Waals surface area contributed by atoms with E-state index in [2.05, 4.69) is 9.79 Å². The van der Waals surface area contributed by atoms with Gasteiger partial charge >= 0.3 is 5.82 Å². The highest BCUT2D eigenvalue weighted by atomic mass is 16.8. The highest BCUT2D eigenvalue weighted by Crippen LogP contribution is 1.93. The van der Waals surface area contributed by atoms with Crippen LogP contribution in [0.4, 0.5) is 5.82 Å². The Morgan fingerprint density at radius 2 is 2.60 bits per heavy atom. The van der Waals surface area contributed by atoms with Gasteiger partial charge in [-0.05, 0) is 4.90 Å².